The van der Waals surface area contributed by atoms with E-state index in [0.29, 0.717) is 30.2 Å². The minimum Gasteiger partial charge on any atom is -0.380 e. The van der Waals surface area contributed by atoms with Crippen LogP contribution < -0.4 is 10.6 Å². The van der Waals surface area contributed by atoms with Crippen LogP contribution in [-0.4, -0.2) is 30.1 Å². The van der Waals surface area contributed by atoms with Crippen LogP contribution in [0.4, 0.5) is 5.13 Å². The average molecular weight is 285 g/mol. The molecule has 6 heteroatoms. The van der Waals surface area contributed by atoms with E-state index in [-0.39, 0.29) is 5.91 Å². The molecule has 0 aliphatic rings. The molecular formula is C13H23N3O2S. The molecule has 108 valence electrons. The van der Waals surface area contributed by atoms with Crippen LogP contribution in [0.2, 0.25) is 0 Å². The van der Waals surface area contributed by atoms with E-state index in [2.05, 4.69) is 29.5 Å². The normalized spacial score (nSPS) is 12.7. The number of hydrogen-bond acceptors (Lipinski definition) is 5. The Labute approximate surface area is 118 Å². The molecular weight excluding hydrogens is 262 g/mol. The first-order valence-electron chi connectivity index (χ1n) is 6.56. The van der Waals surface area contributed by atoms with Crippen molar-refractivity contribution in [2.75, 3.05) is 18.5 Å². The minimum absolute atomic E-state index is 0.0924. The maximum Gasteiger partial charge on any atom is 0.223 e. The second kappa shape index (κ2) is 8.24. The van der Waals surface area contributed by atoms with Crippen LogP contribution in [0.1, 0.15) is 33.4 Å². The van der Waals surface area contributed by atoms with Gasteiger partial charge in [-0.2, -0.15) is 0 Å². The Morgan fingerprint density at radius 2 is 2.26 bits per heavy atom. The topological polar surface area (TPSA) is 63.2 Å². The summed E-state index contributed by atoms with van der Waals surface area (Å²) in [4.78, 5) is 15.3. The summed E-state index contributed by atoms with van der Waals surface area (Å²) < 4.78 is 5.47. The van der Waals surface area contributed by atoms with Gasteiger partial charge in [0, 0.05) is 31.5 Å². The fraction of sp³-hybridized carbons (Fsp3) is 0.692. The fourth-order valence-corrected chi connectivity index (χ4v) is 2.32. The van der Waals surface area contributed by atoms with Crippen molar-refractivity contribution >= 4 is 22.4 Å². The van der Waals surface area contributed by atoms with Gasteiger partial charge in [0.05, 0.1) is 12.3 Å². The molecule has 0 aliphatic carbocycles. The van der Waals surface area contributed by atoms with Crippen molar-refractivity contribution in [2.24, 2.45) is 5.92 Å². The summed E-state index contributed by atoms with van der Waals surface area (Å²) in [5, 5.41) is 8.73. The molecule has 1 aromatic heterocycles. The summed E-state index contributed by atoms with van der Waals surface area (Å²) in [6.07, 6.45) is 0. The van der Waals surface area contributed by atoms with Crippen molar-refractivity contribution < 1.29 is 9.53 Å². The van der Waals surface area contributed by atoms with Gasteiger partial charge in [0.1, 0.15) is 0 Å². The number of anilines is 1. The van der Waals surface area contributed by atoms with Gasteiger partial charge < -0.3 is 15.4 Å². The molecule has 0 aliphatic heterocycles. The van der Waals surface area contributed by atoms with Crippen LogP contribution in [0.25, 0.3) is 0 Å². The monoisotopic (exact) mass is 285 g/mol. The van der Waals surface area contributed by atoms with Crippen LogP contribution in [0.15, 0.2) is 5.38 Å². The number of carbonyl (C=O) groups is 1. The number of nitrogens with zero attached hydrogens (tertiary/aromatic N) is 1. The van der Waals surface area contributed by atoms with Gasteiger partial charge in [-0.15, -0.1) is 11.3 Å². The van der Waals surface area contributed by atoms with Crippen LogP contribution in [-0.2, 0) is 16.1 Å². The van der Waals surface area contributed by atoms with Crippen LogP contribution >= 0.6 is 11.3 Å². The molecule has 0 bridgehead atoms. The number of ether oxygens (including phenoxy) is 1. The molecule has 0 unspecified atom stereocenters. The van der Waals surface area contributed by atoms with Crippen molar-refractivity contribution in [3.05, 3.63) is 11.1 Å². The molecule has 0 saturated carbocycles. The smallest absolute Gasteiger partial charge is 0.223 e. The number of thiazole rings is 1. The maximum atomic E-state index is 10.9. The highest BCUT2D eigenvalue weighted by molar-refractivity contribution is 7.13. The molecule has 0 spiro atoms. The van der Waals surface area contributed by atoms with E-state index in [9.17, 15) is 4.79 Å². The summed E-state index contributed by atoms with van der Waals surface area (Å²) in [6.45, 7) is 9.94. The van der Waals surface area contributed by atoms with Crippen LogP contribution in [0.5, 0.6) is 0 Å². The molecule has 1 atom stereocenters. The Bertz CT molecular complexity index is 393. The second-order valence-electron chi connectivity index (χ2n) is 4.72. The lowest BCUT2D eigenvalue weighted by Crippen LogP contribution is -2.37. The van der Waals surface area contributed by atoms with Crippen LogP contribution in [0.3, 0.4) is 0 Å². The first kappa shape index (κ1) is 16.1. The highest BCUT2D eigenvalue weighted by atomic mass is 32.1. The molecule has 1 rings (SSSR count). The SMILES string of the molecule is CCOC[C@H](NCc1csc(NC(C)=O)n1)C(C)C. The Kier molecular flexibility index (Phi) is 6.97. The lowest BCUT2D eigenvalue weighted by molar-refractivity contribution is -0.114. The van der Waals surface area contributed by atoms with Gasteiger partial charge >= 0.3 is 0 Å². The van der Waals surface area contributed by atoms with Crippen LogP contribution in [0, 0.1) is 5.92 Å². The van der Waals surface area contributed by atoms with Gasteiger partial charge in [-0.05, 0) is 12.8 Å². The molecule has 0 radical (unpaired) electrons. The first-order valence-corrected chi connectivity index (χ1v) is 7.44. The molecule has 0 fully saturated rings. The summed E-state index contributed by atoms with van der Waals surface area (Å²) in [5.41, 5.74) is 0.941. The minimum atomic E-state index is -0.0924. The predicted molar refractivity (Wildman–Crippen MR) is 78.4 cm³/mol. The van der Waals surface area contributed by atoms with E-state index < -0.39 is 0 Å². The number of rotatable bonds is 8. The Morgan fingerprint density at radius 1 is 1.53 bits per heavy atom. The lowest BCUT2D eigenvalue weighted by Gasteiger charge is -2.21. The van der Waals surface area contributed by atoms with E-state index in [1.165, 1.54) is 18.3 Å². The fourth-order valence-electron chi connectivity index (χ4n) is 1.56. The molecule has 5 nitrogen and oxygen atoms in total. The molecule has 1 amide bonds. The lowest BCUT2D eigenvalue weighted by atomic mass is 10.1. The van der Waals surface area contributed by atoms with Gasteiger partial charge in [-0.3, -0.25) is 4.79 Å². The molecule has 1 heterocycles. The zero-order chi connectivity index (χ0) is 14.3. The van der Waals surface area contributed by atoms with Crippen molar-refractivity contribution in [1.29, 1.82) is 0 Å². The summed E-state index contributed by atoms with van der Waals surface area (Å²) in [6, 6.07) is 0.311. The first-order chi connectivity index (χ1) is 9.02. The van der Waals surface area contributed by atoms with Gasteiger partial charge in [0.25, 0.3) is 0 Å². The third kappa shape index (κ3) is 6.13. The standard InChI is InChI=1S/C13H23N3O2S/c1-5-18-7-12(9(2)3)14-6-11-8-19-13(16-11)15-10(4)17/h8-9,12,14H,5-7H2,1-4H3,(H,15,16,17)/t12-/m0/s1. The zero-order valence-corrected chi connectivity index (χ0v) is 12.8. The number of amides is 1. The van der Waals surface area contributed by atoms with Crippen molar-refractivity contribution in [1.82, 2.24) is 10.3 Å². The van der Waals surface area contributed by atoms with E-state index in [1.807, 2.05) is 12.3 Å². The zero-order valence-electron chi connectivity index (χ0n) is 12.0. The van der Waals surface area contributed by atoms with E-state index in [0.717, 1.165) is 12.3 Å². The van der Waals surface area contributed by atoms with E-state index in [4.69, 9.17) is 4.74 Å². The third-order valence-corrected chi connectivity index (χ3v) is 3.49. The number of hydrogen-bond donors (Lipinski definition) is 2. The van der Waals surface area contributed by atoms with Crippen molar-refractivity contribution in [2.45, 2.75) is 40.3 Å². The highest BCUT2D eigenvalue weighted by Crippen LogP contribution is 2.15. The third-order valence-electron chi connectivity index (χ3n) is 2.69. The molecule has 2 N–H and O–H groups in total. The second-order valence-corrected chi connectivity index (χ2v) is 5.57. The molecule has 1 aromatic rings. The summed E-state index contributed by atoms with van der Waals surface area (Å²) in [5.74, 6) is 0.408. The Balaban J connectivity index is 2.45. The van der Waals surface area contributed by atoms with E-state index in [1.54, 1.807) is 0 Å². The molecule has 19 heavy (non-hydrogen) atoms. The van der Waals surface area contributed by atoms with Crippen molar-refractivity contribution in [3.8, 4) is 0 Å². The Hall–Kier alpha value is -0.980. The average Bonchev–Trinajstić information content (AvgIpc) is 2.75. The predicted octanol–water partition coefficient (Wildman–Crippen LogP) is 2.25. The molecule has 0 aromatic carbocycles. The van der Waals surface area contributed by atoms with Gasteiger partial charge in [0.2, 0.25) is 5.91 Å². The van der Waals surface area contributed by atoms with E-state index >= 15 is 0 Å². The highest BCUT2D eigenvalue weighted by Gasteiger charge is 2.13. The van der Waals surface area contributed by atoms with Gasteiger partial charge in [-0.25, -0.2) is 4.98 Å². The summed E-state index contributed by atoms with van der Waals surface area (Å²) in [7, 11) is 0. The number of nitrogens with one attached hydrogen (secondary N) is 2. The quantitative estimate of drug-likeness (QED) is 0.769. The molecule has 0 saturated heterocycles. The number of aromatic nitrogens is 1. The van der Waals surface area contributed by atoms with Crippen molar-refractivity contribution in [3.63, 3.8) is 0 Å². The summed E-state index contributed by atoms with van der Waals surface area (Å²) >= 11 is 1.44. The maximum absolute atomic E-state index is 10.9. The largest absolute Gasteiger partial charge is 0.380 e. The Morgan fingerprint density at radius 3 is 2.84 bits per heavy atom. The number of carbonyl (C=O) groups excluding carboxylic acids is 1. The van der Waals surface area contributed by atoms with Gasteiger partial charge in [0.15, 0.2) is 5.13 Å². The van der Waals surface area contributed by atoms with Gasteiger partial charge in [-0.1, -0.05) is 13.8 Å².